The minimum absolute atomic E-state index is 0.309. The highest BCUT2D eigenvalue weighted by Crippen LogP contribution is 2.36. The zero-order valence-corrected chi connectivity index (χ0v) is 18.8. The van der Waals surface area contributed by atoms with Crippen molar-refractivity contribution in [1.29, 1.82) is 0 Å². The summed E-state index contributed by atoms with van der Waals surface area (Å²) in [4.78, 5) is 5.50. The first-order valence-corrected chi connectivity index (χ1v) is 10.1. The minimum atomic E-state index is -4.49. The maximum absolute atomic E-state index is 13.1. The Kier molecular flexibility index (Phi) is 8.16. The summed E-state index contributed by atoms with van der Waals surface area (Å²) in [5.41, 5.74) is 3.73. The van der Waals surface area contributed by atoms with Gasteiger partial charge >= 0.3 is 6.18 Å². The fraction of sp³-hybridized carbons (Fsp3) is 0.208. The van der Waals surface area contributed by atoms with Crippen molar-refractivity contribution in [2.45, 2.75) is 33.9 Å². The molecular formula is C24H23ClF3NS. The average molecular weight is 450 g/mol. The third kappa shape index (κ3) is 6.38. The van der Waals surface area contributed by atoms with E-state index in [1.54, 1.807) is 19.1 Å². The molecule has 0 atom stereocenters. The van der Waals surface area contributed by atoms with E-state index in [4.69, 9.17) is 16.6 Å². The average Bonchev–Trinajstić information content (AvgIpc) is 2.69. The summed E-state index contributed by atoms with van der Waals surface area (Å²) in [5.74, 6) is 0. The molecule has 0 saturated carbocycles. The predicted octanol–water partition coefficient (Wildman–Crippen LogP) is 8.49. The fourth-order valence-electron chi connectivity index (χ4n) is 2.66. The first-order valence-electron chi connectivity index (χ1n) is 9.24. The van der Waals surface area contributed by atoms with E-state index >= 15 is 0 Å². The summed E-state index contributed by atoms with van der Waals surface area (Å²) in [7, 11) is 0. The van der Waals surface area contributed by atoms with Crippen molar-refractivity contribution in [2.75, 3.05) is 0 Å². The third-order valence-electron chi connectivity index (χ3n) is 4.55. The summed E-state index contributed by atoms with van der Waals surface area (Å²) in [6, 6.07) is 13.7. The molecule has 0 amide bonds. The van der Waals surface area contributed by atoms with Crippen molar-refractivity contribution in [2.24, 2.45) is 4.99 Å². The Morgan fingerprint density at radius 2 is 1.57 bits per heavy atom. The lowest BCUT2D eigenvalue weighted by atomic mass is 10.0. The predicted molar refractivity (Wildman–Crippen MR) is 125 cm³/mol. The van der Waals surface area contributed by atoms with Gasteiger partial charge in [-0.2, -0.15) is 13.2 Å². The van der Waals surface area contributed by atoms with Gasteiger partial charge in [0.2, 0.25) is 0 Å². The summed E-state index contributed by atoms with van der Waals surface area (Å²) in [6.07, 6.45) is -0.878. The number of halogens is 4. The molecule has 158 valence electrons. The van der Waals surface area contributed by atoms with Gasteiger partial charge < -0.3 is 0 Å². The Bertz CT molecular complexity index is 1030. The molecule has 6 heteroatoms. The van der Waals surface area contributed by atoms with Crippen LogP contribution in [-0.2, 0) is 6.18 Å². The van der Waals surface area contributed by atoms with Gasteiger partial charge in [-0.15, -0.1) is 12.6 Å². The van der Waals surface area contributed by atoms with E-state index in [1.165, 1.54) is 6.07 Å². The fourth-order valence-corrected chi connectivity index (χ4v) is 3.06. The number of benzene rings is 2. The molecule has 0 saturated heterocycles. The maximum Gasteiger partial charge on any atom is 0.417 e. The van der Waals surface area contributed by atoms with Crippen molar-refractivity contribution in [3.8, 4) is 0 Å². The van der Waals surface area contributed by atoms with Crippen LogP contribution in [0.2, 0.25) is 5.02 Å². The zero-order valence-electron chi connectivity index (χ0n) is 17.2. The number of allylic oxidation sites excluding steroid dienone is 5. The van der Waals surface area contributed by atoms with E-state index < -0.39 is 11.7 Å². The highest BCUT2D eigenvalue weighted by molar-refractivity contribution is 7.84. The SMILES string of the molecule is C/C(S)=C(/N=C(C)/C(C)=C/C=C(\C)c1ccc(Cl)c(C(F)(F)F)c1)c1ccccc1. The number of rotatable bonds is 5. The second-order valence-electron chi connectivity index (χ2n) is 6.89. The lowest BCUT2D eigenvalue weighted by Crippen LogP contribution is -2.06. The number of alkyl halides is 3. The normalized spacial score (nSPS) is 14.6. The van der Waals surface area contributed by atoms with Crippen LogP contribution in [-0.4, -0.2) is 5.71 Å². The van der Waals surface area contributed by atoms with Crippen LogP contribution in [0.5, 0.6) is 0 Å². The minimum Gasteiger partial charge on any atom is -0.252 e. The molecule has 0 N–H and O–H groups in total. The molecule has 1 nitrogen and oxygen atoms in total. The van der Waals surface area contributed by atoms with E-state index in [-0.39, 0.29) is 5.02 Å². The Morgan fingerprint density at radius 1 is 0.933 bits per heavy atom. The Balaban J connectivity index is 2.33. The summed E-state index contributed by atoms with van der Waals surface area (Å²) in [6.45, 7) is 7.43. The van der Waals surface area contributed by atoms with Crippen molar-refractivity contribution >= 4 is 41.2 Å². The number of thiol groups is 1. The molecule has 0 spiro atoms. The molecule has 0 bridgehead atoms. The molecule has 0 aliphatic rings. The second-order valence-corrected chi connectivity index (χ2v) is 7.97. The smallest absolute Gasteiger partial charge is 0.252 e. The van der Waals surface area contributed by atoms with Crippen LogP contribution >= 0.6 is 24.2 Å². The van der Waals surface area contributed by atoms with Gasteiger partial charge in [-0.1, -0.05) is 60.2 Å². The van der Waals surface area contributed by atoms with Gasteiger partial charge in [0, 0.05) is 16.2 Å². The zero-order chi connectivity index (χ0) is 22.5. The van der Waals surface area contributed by atoms with Crippen LogP contribution in [0.4, 0.5) is 13.2 Å². The van der Waals surface area contributed by atoms with Crippen LogP contribution in [0.15, 0.2) is 76.2 Å². The summed E-state index contributed by atoms with van der Waals surface area (Å²) >= 11 is 10.2. The van der Waals surface area contributed by atoms with Crippen molar-refractivity contribution < 1.29 is 13.2 Å². The number of nitrogens with zero attached hydrogens (tertiary/aromatic N) is 1. The number of hydrogen-bond donors (Lipinski definition) is 1. The van der Waals surface area contributed by atoms with E-state index in [1.807, 2.05) is 57.2 Å². The maximum atomic E-state index is 13.1. The first kappa shape index (κ1) is 24.0. The van der Waals surface area contributed by atoms with Gasteiger partial charge in [-0.3, -0.25) is 4.99 Å². The summed E-state index contributed by atoms with van der Waals surface area (Å²) < 4.78 is 39.3. The molecule has 0 aliphatic heterocycles. The van der Waals surface area contributed by atoms with Gasteiger partial charge in [0.1, 0.15) is 0 Å². The monoisotopic (exact) mass is 449 g/mol. The molecule has 0 radical (unpaired) electrons. The standard InChI is InChI=1S/C24H23ClF3NS/c1-15(17(3)29-23(18(4)30)19-8-6-5-7-9-19)10-11-16(2)20-12-13-22(25)21(14-20)24(26,27)28/h5-14,30H,1-4H3/b15-10+,16-11+,23-18-,29-17+. The van der Waals surface area contributed by atoms with Gasteiger partial charge in [-0.25, -0.2) is 0 Å². The molecule has 0 heterocycles. The molecule has 2 aromatic rings. The van der Waals surface area contributed by atoms with Crippen LogP contribution in [0.3, 0.4) is 0 Å². The quantitative estimate of drug-likeness (QED) is 0.267. The lowest BCUT2D eigenvalue weighted by molar-refractivity contribution is -0.137. The topological polar surface area (TPSA) is 12.4 Å². The van der Waals surface area contributed by atoms with E-state index in [9.17, 15) is 13.2 Å². The molecule has 2 aromatic carbocycles. The van der Waals surface area contributed by atoms with Gasteiger partial charge in [0.15, 0.2) is 0 Å². The third-order valence-corrected chi connectivity index (χ3v) is 5.09. The van der Waals surface area contributed by atoms with Crippen LogP contribution in [0.1, 0.15) is 44.4 Å². The second kappa shape index (κ2) is 10.2. The van der Waals surface area contributed by atoms with Crippen molar-refractivity contribution in [3.05, 3.63) is 92.9 Å². The van der Waals surface area contributed by atoms with E-state index in [0.717, 1.165) is 33.5 Å². The summed E-state index contributed by atoms with van der Waals surface area (Å²) in [5, 5.41) is -0.309. The molecule has 0 aromatic heterocycles. The van der Waals surface area contributed by atoms with E-state index in [0.29, 0.717) is 11.1 Å². The molecule has 2 rings (SSSR count). The molecule has 0 unspecified atom stereocenters. The molecule has 0 aliphatic carbocycles. The van der Waals surface area contributed by atoms with Gasteiger partial charge in [-0.05, 0) is 56.5 Å². The highest BCUT2D eigenvalue weighted by Gasteiger charge is 2.33. The Labute approximate surface area is 186 Å². The largest absolute Gasteiger partial charge is 0.417 e. The van der Waals surface area contributed by atoms with Crippen molar-refractivity contribution in [1.82, 2.24) is 0 Å². The molecule has 30 heavy (non-hydrogen) atoms. The Hall–Kier alpha value is -2.24. The highest BCUT2D eigenvalue weighted by atomic mass is 35.5. The first-order chi connectivity index (χ1) is 14.0. The lowest BCUT2D eigenvalue weighted by Gasteiger charge is -2.11. The molecular weight excluding hydrogens is 427 g/mol. The Morgan fingerprint density at radius 3 is 2.13 bits per heavy atom. The van der Waals surface area contributed by atoms with E-state index in [2.05, 4.69) is 12.6 Å². The van der Waals surface area contributed by atoms with Crippen LogP contribution < -0.4 is 0 Å². The number of aliphatic imine (C=N–C) groups is 1. The number of hydrogen-bond acceptors (Lipinski definition) is 2. The van der Waals surface area contributed by atoms with Gasteiger partial charge in [0.05, 0.1) is 16.3 Å². The van der Waals surface area contributed by atoms with Crippen molar-refractivity contribution in [3.63, 3.8) is 0 Å². The van der Waals surface area contributed by atoms with Crippen LogP contribution in [0, 0.1) is 0 Å². The van der Waals surface area contributed by atoms with Crippen LogP contribution in [0.25, 0.3) is 11.3 Å². The van der Waals surface area contributed by atoms with Gasteiger partial charge in [0.25, 0.3) is 0 Å². The molecule has 0 fully saturated rings.